The summed E-state index contributed by atoms with van der Waals surface area (Å²) >= 11 is 0. The van der Waals surface area contributed by atoms with Gasteiger partial charge in [-0.3, -0.25) is 4.79 Å². The molecule has 2 aromatic carbocycles. The molecule has 0 saturated heterocycles. The second kappa shape index (κ2) is 12.2. The first-order valence-electron chi connectivity index (χ1n) is 10.7. The van der Waals surface area contributed by atoms with E-state index < -0.39 is 36.1 Å². The van der Waals surface area contributed by atoms with Gasteiger partial charge in [0.2, 0.25) is 0 Å². The number of carbonyl (C=O) groups excluding carboxylic acids is 1. The minimum atomic E-state index is -3.90. The summed E-state index contributed by atoms with van der Waals surface area (Å²) < 4.78 is 85.4. The Balaban J connectivity index is 2.26. The van der Waals surface area contributed by atoms with Crippen molar-refractivity contribution in [2.24, 2.45) is 0 Å². The highest BCUT2D eigenvalue weighted by atomic mass is 32.2. The van der Waals surface area contributed by atoms with Gasteiger partial charge in [0.1, 0.15) is 17.2 Å². The molecule has 13 heteroatoms. The predicted molar refractivity (Wildman–Crippen MR) is 136 cm³/mol. The molecule has 0 fully saturated rings. The van der Waals surface area contributed by atoms with Crippen LogP contribution < -0.4 is 12.5 Å². The summed E-state index contributed by atoms with van der Waals surface area (Å²) in [5.74, 6) is -1.52. The second-order valence-corrected chi connectivity index (χ2v) is 12.7. The van der Waals surface area contributed by atoms with Crippen molar-refractivity contribution in [3.8, 4) is 17.2 Å². The molecule has 0 heterocycles. The minimum Gasteiger partial charge on any atom is -0.382 e. The van der Waals surface area contributed by atoms with Crippen molar-refractivity contribution in [3.05, 3.63) is 65.7 Å². The molecular weight excluding hydrogens is 532 g/mol. The first kappa shape index (κ1) is 29.1. The van der Waals surface area contributed by atoms with Crippen molar-refractivity contribution in [1.82, 2.24) is 0 Å². The number of carbonyl (C=O) groups is 1. The van der Waals surface area contributed by atoms with Gasteiger partial charge < -0.3 is 12.5 Å². The van der Waals surface area contributed by atoms with Gasteiger partial charge in [0, 0.05) is 6.07 Å². The van der Waals surface area contributed by atoms with E-state index in [1.807, 2.05) is 0 Å². The average molecular weight is 559 g/mol. The van der Waals surface area contributed by atoms with E-state index in [1.54, 1.807) is 12.1 Å². The van der Waals surface area contributed by atoms with E-state index in [0.29, 0.717) is 5.56 Å². The van der Waals surface area contributed by atoms with Gasteiger partial charge in [-0.15, -0.1) is 0 Å². The molecule has 2 rings (SSSR count). The van der Waals surface area contributed by atoms with Gasteiger partial charge in [0.15, 0.2) is 5.78 Å². The molecule has 0 saturated carbocycles. The highest BCUT2D eigenvalue weighted by Crippen LogP contribution is 2.26. The molecule has 0 bridgehead atoms. The molecule has 0 aromatic heterocycles. The Morgan fingerprint density at radius 2 is 1.06 bits per heavy atom. The highest BCUT2D eigenvalue weighted by molar-refractivity contribution is 7.87. The number of rotatable bonds is 13. The molecular formula is C23H26O10S3. The Kier molecular flexibility index (Phi) is 9.85. The van der Waals surface area contributed by atoms with Crippen molar-refractivity contribution in [2.75, 3.05) is 17.3 Å². The van der Waals surface area contributed by atoms with Crippen molar-refractivity contribution in [2.45, 2.75) is 20.8 Å². The van der Waals surface area contributed by atoms with Gasteiger partial charge >= 0.3 is 30.4 Å². The number of ketones is 1. The summed E-state index contributed by atoms with van der Waals surface area (Å²) in [5, 5.41) is 0. The number of allylic oxidation sites excluding steroid dienone is 2. The standard InChI is InChI=1S/C23H26O10S3/c1-4-34(25,26)31-21-9-7-8-18(14-21)10-12-20(24)13-11-19-15-22(32-35(27,28)5-2)17-23(16-19)33-36(29,30)6-3/h7-17H,4-6H2,1-3H3. The Morgan fingerprint density at radius 1 is 0.639 bits per heavy atom. The van der Waals surface area contributed by atoms with Gasteiger partial charge in [-0.1, -0.05) is 24.3 Å². The van der Waals surface area contributed by atoms with Gasteiger partial charge in [-0.05, 0) is 68.3 Å². The van der Waals surface area contributed by atoms with E-state index in [0.717, 1.165) is 6.07 Å². The summed E-state index contributed by atoms with van der Waals surface area (Å²) in [4.78, 5) is 12.3. The zero-order chi connectivity index (χ0) is 27.0. The molecule has 0 atom stereocenters. The fourth-order valence-electron chi connectivity index (χ4n) is 2.49. The van der Waals surface area contributed by atoms with E-state index >= 15 is 0 Å². The maximum atomic E-state index is 12.3. The third-order valence-corrected chi connectivity index (χ3v) is 7.83. The van der Waals surface area contributed by atoms with E-state index in [1.165, 1.54) is 69.3 Å². The molecule has 0 aliphatic rings. The number of hydrogen-bond donors (Lipinski definition) is 0. The Morgan fingerprint density at radius 3 is 1.53 bits per heavy atom. The molecule has 0 amide bonds. The topological polar surface area (TPSA) is 147 Å². The molecule has 0 radical (unpaired) electrons. The summed E-state index contributed by atoms with van der Waals surface area (Å²) in [6, 6.07) is 9.87. The van der Waals surface area contributed by atoms with Crippen molar-refractivity contribution in [3.63, 3.8) is 0 Å². The van der Waals surface area contributed by atoms with Crippen LogP contribution >= 0.6 is 0 Å². The van der Waals surface area contributed by atoms with Crippen LogP contribution in [0.25, 0.3) is 12.2 Å². The summed E-state index contributed by atoms with van der Waals surface area (Å²) in [6.45, 7) is 4.22. The fourth-order valence-corrected chi connectivity index (χ4v) is 4.01. The van der Waals surface area contributed by atoms with Crippen molar-refractivity contribution in [1.29, 1.82) is 0 Å². The van der Waals surface area contributed by atoms with Gasteiger partial charge in [-0.2, -0.15) is 25.3 Å². The van der Waals surface area contributed by atoms with Crippen LogP contribution in [0.5, 0.6) is 17.2 Å². The molecule has 0 spiro atoms. The molecule has 2 aromatic rings. The minimum absolute atomic E-state index is 0.107. The second-order valence-electron chi connectivity index (χ2n) is 7.17. The Labute approximate surface area is 211 Å². The Bertz CT molecular complexity index is 1420. The van der Waals surface area contributed by atoms with Crippen LogP contribution in [-0.4, -0.2) is 48.3 Å². The summed E-state index contributed by atoms with van der Waals surface area (Å²) in [5.41, 5.74) is 0.767. The molecule has 0 unspecified atom stereocenters. The van der Waals surface area contributed by atoms with Crippen LogP contribution in [0, 0.1) is 0 Å². The smallest absolute Gasteiger partial charge is 0.308 e. The SMILES string of the molecule is CCS(=O)(=O)Oc1cccc(C=CC(=O)C=Cc2cc(OS(=O)(=O)CC)cc(OS(=O)(=O)CC)c2)c1. The summed E-state index contributed by atoms with van der Waals surface area (Å²) in [6.07, 6.45) is 5.18. The average Bonchev–Trinajstić information content (AvgIpc) is 2.80. The van der Waals surface area contributed by atoms with E-state index in [-0.39, 0.29) is 40.1 Å². The molecule has 0 aliphatic heterocycles. The van der Waals surface area contributed by atoms with Crippen molar-refractivity contribution >= 4 is 48.3 Å². The van der Waals surface area contributed by atoms with Crippen LogP contribution in [0.4, 0.5) is 0 Å². The van der Waals surface area contributed by atoms with E-state index in [2.05, 4.69) is 0 Å². The zero-order valence-electron chi connectivity index (χ0n) is 19.8. The predicted octanol–water partition coefficient (Wildman–Crippen LogP) is 3.17. The van der Waals surface area contributed by atoms with Crippen molar-refractivity contribution < 1.29 is 42.6 Å². The van der Waals surface area contributed by atoms with Crippen LogP contribution in [0.1, 0.15) is 31.9 Å². The number of benzene rings is 2. The first-order chi connectivity index (χ1) is 16.8. The lowest BCUT2D eigenvalue weighted by molar-refractivity contribution is -0.110. The van der Waals surface area contributed by atoms with E-state index in [4.69, 9.17) is 12.5 Å². The van der Waals surface area contributed by atoms with Crippen LogP contribution in [-0.2, 0) is 35.1 Å². The lowest BCUT2D eigenvalue weighted by Crippen LogP contribution is -2.13. The third kappa shape index (κ3) is 9.84. The van der Waals surface area contributed by atoms with Gasteiger partial charge in [0.05, 0.1) is 17.3 Å². The maximum absolute atomic E-state index is 12.3. The van der Waals surface area contributed by atoms with Gasteiger partial charge in [0.25, 0.3) is 0 Å². The quantitative estimate of drug-likeness (QED) is 0.265. The monoisotopic (exact) mass is 558 g/mol. The molecule has 36 heavy (non-hydrogen) atoms. The summed E-state index contributed by atoms with van der Waals surface area (Å²) in [7, 11) is -11.5. The largest absolute Gasteiger partial charge is 0.382 e. The first-order valence-corrected chi connectivity index (χ1v) is 15.4. The fraction of sp³-hybridized carbons (Fsp3) is 0.261. The third-order valence-electron chi connectivity index (χ3n) is 4.37. The molecule has 0 N–H and O–H groups in total. The maximum Gasteiger partial charge on any atom is 0.308 e. The van der Waals surface area contributed by atoms with Crippen LogP contribution in [0.15, 0.2) is 54.6 Å². The van der Waals surface area contributed by atoms with Gasteiger partial charge in [-0.25, -0.2) is 0 Å². The zero-order valence-corrected chi connectivity index (χ0v) is 22.2. The number of hydrogen-bond acceptors (Lipinski definition) is 10. The molecule has 196 valence electrons. The van der Waals surface area contributed by atoms with Crippen LogP contribution in [0.2, 0.25) is 0 Å². The molecule has 0 aliphatic carbocycles. The Hall–Kier alpha value is -3.16. The normalized spacial score (nSPS) is 12.6. The van der Waals surface area contributed by atoms with E-state index in [9.17, 15) is 30.0 Å². The lowest BCUT2D eigenvalue weighted by atomic mass is 10.1. The molecule has 10 nitrogen and oxygen atoms in total. The van der Waals surface area contributed by atoms with Crippen LogP contribution in [0.3, 0.4) is 0 Å². The lowest BCUT2D eigenvalue weighted by Gasteiger charge is -2.10. The highest BCUT2D eigenvalue weighted by Gasteiger charge is 2.15.